The Balaban J connectivity index is 2.86. The summed E-state index contributed by atoms with van der Waals surface area (Å²) in [5.41, 5.74) is 0.993. The van der Waals surface area contributed by atoms with Gasteiger partial charge in [-0.2, -0.15) is 0 Å². The molecule has 0 spiro atoms. The minimum atomic E-state index is 0.993. The summed E-state index contributed by atoms with van der Waals surface area (Å²) < 4.78 is 0. The second-order valence-electron chi connectivity index (χ2n) is 2.05. The lowest BCUT2D eigenvalue weighted by Crippen LogP contribution is -2.16. The average molecular weight is 180 g/mol. The molecule has 0 radical (unpaired) electrons. The van der Waals surface area contributed by atoms with Crippen molar-refractivity contribution in [3.63, 3.8) is 0 Å². The molecular formula is C6H14BrN. The molecular weight excluding hydrogens is 166 g/mol. The molecule has 0 aromatic rings. The largest absolute Gasteiger partial charge is 0.297 e. The molecule has 0 aliphatic rings. The Kier molecular flexibility index (Phi) is 5.88. The number of hydrogen-bond donors (Lipinski definition) is 0. The van der Waals surface area contributed by atoms with Gasteiger partial charge in [-0.25, -0.2) is 0 Å². The van der Waals surface area contributed by atoms with Crippen molar-refractivity contribution in [1.82, 2.24) is 4.90 Å². The van der Waals surface area contributed by atoms with E-state index in [9.17, 15) is 0 Å². The highest BCUT2D eigenvalue weighted by molar-refractivity contribution is 9.09. The van der Waals surface area contributed by atoms with Crippen LogP contribution in [-0.4, -0.2) is 23.9 Å². The first kappa shape index (κ1) is 8.44. The van der Waals surface area contributed by atoms with Gasteiger partial charge in [0.15, 0.2) is 0 Å². The highest BCUT2D eigenvalue weighted by Gasteiger charge is 1.90. The van der Waals surface area contributed by atoms with Gasteiger partial charge in [-0.15, -0.1) is 0 Å². The van der Waals surface area contributed by atoms with Crippen molar-refractivity contribution in [1.29, 1.82) is 0 Å². The van der Waals surface area contributed by atoms with Gasteiger partial charge in [0.05, 0.1) is 5.45 Å². The van der Waals surface area contributed by atoms with E-state index in [1.54, 1.807) is 0 Å². The van der Waals surface area contributed by atoms with E-state index in [0.29, 0.717) is 0 Å². The van der Waals surface area contributed by atoms with Crippen molar-refractivity contribution < 1.29 is 0 Å². The van der Waals surface area contributed by atoms with Crippen LogP contribution in [0.25, 0.3) is 0 Å². The molecule has 0 amide bonds. The zero-order valence-electron chi connectivity index (χ0n) is 5.65. The third-order valence-corrected chi connectivity index (χ3v) is 1.95. The van der Waals surface area contributed by atoms with E-state index < -0.39 is 0 Å². The second-order valence-corrected chi connectivity index (χ2v) is 2.55. The van der Waals surface area contributed by atoms with Crippen LogP contribution in [-0.2, 0) is 0 Å². The topological polar surface area (TPSA) is 3.24 Å². The van der Waals surface area contributed by atoms with Crippen molar-refractivity contribution in [2.45, 2.75) is 19.8 Å². The minimum Gasteiger partial charge on any atom is -0.297 e. The SMILES string of the molecule is CCCCN(C)CBr. The molecule has 0 aliphatic heterocycles. The van der Waals surface area contributed by atoms with Crippen molar-refractivity contribution in [3.8, 4) is 0 Å². The Morgan fingerprint density at radius 1 is 1.50 bits per heavy atom. The lowest BCUT2D eigenvalue weighted by atomic mass is 10.3. The molecule has 1 nitrogen and oxygen atoms in total. The Morgan fingerprint density at radius 2 is 2.12 bits per heavy atom. The Morgan fingerprint density at radius 3 is 2.50 bits per heavy atom. The van der Waals surface area contributed by atoms with Crippen LogP contribution >= 0.6 is 15.9 Å². The molecule has 0 N–H and O–H groups in total. The zero-order valence-corrected chi connectivity index (χ0v) is 7.24. The smallest absolute Gasteiger partial charge is 0.0539 e. The number of hydrogen-bond acceptors (Lipinski definition) is 1. The minimum absolute atomic E-state index is 0.993. The molecule has 0 rings (SSSR count). The molecule has 0 bridgehead atoms. The Labute approximate surface area is 60.2 Å². The summed E-state index contributed by atoms with van der Waals surface area (Å²) >= 11 is 3.37. The average Bonchev–Trinajstić information content (AvgIpc) is 1.83. The van der Waals surface area contributed by atoms with Gasteiger partial charge in [-0.1, -0.05) is 29.3 Å². The fourth-order valence-corrected chi connectivity index (χ4v) is 0.739. The maximum absolute atomic E-state index is 3.37. The van der Waals surface area contributed by atoms with Crippen molar-refractivity contribution in [2.75, 3.05) is 19.0 Å². The van der Waals surface area contributed by atoms with Crippen LogP contribution in [0.3, 0.4) is 0 Å². The predicted molar refractivity (Wildman–Crippen MR) is 41.3 cm³/mol. The van der Waals surface area contributed by atoms with Crippen LogP contribution in [0.1, 0.15) is 19.8 Å². The van der Waals surface area contributed by atoms with Crippen molar-refractivity contribution in [2.24, 2.45) is 0 Å². The maximum atomic E-state index is 3.37. The first-order valence-electron chi connectivity index (χ1n) is 3.05. The zero-order chi connectivity index (χ0) is 6.41. The fraction of sp³-hybridized carbons (Fsp3) is 1.00. The lowest BCUT2D eigenvalue weighted by Gasteiger charge is -2.10. The van der Waals surface area contributed by atoms with Gasteiger partial charge in [0, 0.05) is 0 Å². The lowest BCUT2D eigenvalue weighted by molar-refractivity contribution is 0.387. The summed E-state index contributed by atoms with van der Waals surface area (Å²) in [6, 6.07) is 0. The van der Waals surface area contributed by atoms with Gasteiger partial charge < -0.3 is 0 Å². The van der Waals surface area contributed by atoms with E-state index in [0.717, 1.165) is 5.45 Å². The summed E-state index contributed by atoms with van der Waals surface area (Å²) in [6.45, 7) is 3.42. The Hall–Kier alpha value is 0.440. The summed E-state index contributed by atoms with van der Waals surface area (Å²) in [5, 5.41) is 0. The van der Waals surface area contributed by atoms with Crippen LogP contribution in [0.2, 0.25) is 0 Å². The molecule has 0 unspecified atom stereocenters. The monoisotopic (exact) mass is 179 g/mol. The number of rotatable bonds is 4. The summed E-state index contributed by atoms with van der Waals surface area (Å²) in [5.74, 6) is 0. The number of alkyl halides is 1. The molecule has 0 heterocycles. The first-order valence-corrected chi connectivity index (χ1v) is 4.18. The van der Waals surface area contributed by atoms with E-state index in [1.165, 1.54) is 19.4 Å². The second kappa shape index (κ2) is 5.57. The molecule has 0 fully saturated rings. The molecule has 0 saturated heterocycles. The van der Waals surface area contributed by atoms with E-state index in [4.69, 9.17) is 0 Å². The summed E-state index contributed by atoms with van der Waals surface area (Å²) in [7, 11) is 2.12. The van der Waals surface area contributed by atoms with Crippen molar-refractivity contribution >= 4 is 15.9 Å². The van der Waals surface area contributed by atoms with E-state index in [2.05, 4.69) is 34.8 Å². The van der Waals surface area contributed by atoms with Gasteiger partial charge >= 0.3 is 0 Å². The van der Waals surface area contributed by atoms with Crippen LogP contribution < -0.4 is 0 Å². The third kappa shape index (κ3) is 4.60. The van der Waals surface area contributed by atoms with Gasteiger partial charge in [0.1, 0.15) is 0 Å². The van der Waals surface area contributed by atoms with E-state index in [1.807, 2.05) is 0 Å². The van der Waals surface area contributed by atoms with E-state index >= 15 is 0 Å². The molecule has 8 heavy (non-hydrogen) atoms. The fourth-order valence-electron chi connectivity index (χ4n) is 0.488. The van der Waals surface area contributed by atoms with Crippen LogP contribution in [0.15, 0.2) is 0 Å². The molecule has 0 saturated carbocycles. The third-order valence-electron chi connectivity index (χ3n) is 1.10. The maximum Gasteiger partial charge on any atom is 0.0539 e. The summed E-state index contributed by atoms with van der Waals surface area (Å²) in [6.07, 6.45) is 2.60. The molecule has 2 heteroatoms. The number of nitrogens with zero attached hydrogens (tertiary/aromatic N) is 1. The van der Waals surface area contributed by atoms with Crippen LogP contribution in [0, 0.1) is 0 Å². The highest BCUT2D eigenvalue weighted by atomic mass is 79.9. The molecule has 0 aliphatic carbocycles. The molecule has 0 aromatic carbocycles. The molecule has 0 atom stereocenters. The predicted octanol–water partition coefficient (Wildman–Crippen LogP) is 2.07. The summed E-state index contributed by atoms with van der Waals surface area (Å²) in [4.78, 5) is 2.25. The normalized spacial score (nSPS) is 10.5. The Bertz CT molecular complexity index is 47.8. The first-order chi connectivity index (χ1) is 3.81. The standard InChI is InChI=1S/C6H14BrN/c1-3-4-5-8(2)6-7/h3-6H2,1-2H3. The number of halogens is 1. The highest BCUT2D eigenvalue weighted by Crippen LogP contribution is 1.93. The molecule has 0 aromatic heterocycles. The van der Waals surface area contributed by atoms with Gasteiger partial charge in [-0.3, -0.25) is 4.90 Å². The van der Waals surface area contributed by atoms with Crippen LogP contribution in [0.5, 0.6) is 0 Å². The van der Waals surface area contributed by atoms with Gasteiger partial charge in [0.2, 0.25) is 0 Å². The van der Waals surface area contributed by atoms with Crippen LogP contribution in [0.4, 0.5) is 0 Å². The quantitative estimate of drug-likeness (QED) is 0.472. The van der Waals surface area contributed by atoms with E-state index in [-0.39, 0.29) is 0 Å². The van der Waals surface area contributed by atoms with Crippen molar-refractivity contribution in [3.05, 3.63) is 0 Å². The number of unbranched alkanes of at least 4 members (excludes halogenated alkanes) is 1. The molecule has 50 valence electrons. The van der Waals surface area contributed by atoms with Gasteiger partial charge in [-0.05, 0) is 20.0 Å². The van der Waals surface area contributed by atoms with Gasteiger partial charge in [0.25, 0.3) is 0 Å².